The summed E-state index contributed by atoms with van der Waals surface area (Å²) in [5.74, 6) is -0.0869. The first-order valence-corrected chi connectivity index (χ1v) is 6.03. The summed E-state index contributed by atoms with van der Waals surface area (Å²) in [6.07, 6.45) is 2.59. The molecule has 0 saturated heterocycles. The second-order valence-electron chi connectivity index (χ2n) is 3.06. The lowest BCUT2D eigenvalue weighted by molar-refractivity contribution is 0.0951. The molecule has 0 aromatic heterocycles. The van der Waals surface area contributed by atoms with Crippen LogP contribution in [0.4, 0.5) is 0 Å². The van der Waals surface area contributed by atoms with Gasteiger partial charge in [-0.3, -0.25) is 4.79 Å². The van der Waals surface area contributed by atoms with Crippen molar-refractivity contribution in [1.82, 2.24) is 5.32 Å². The van der Waals surface area contributed by atoms with E-state index in [1.54, 1.807) is 23.9 Å². The summed E-state index contributed by atoms with van der Waals surface area (Å²) in [6.45, 7) is 0.616. The Bertz CT molecular complexity index is 311. The Hall–Kier alpha value is -1.00. The van der Waals surface area contributed by atoms with Crippen LogP contribution in [0.1, 0.15) is 16.8 Å². The molecular formula is C11H15NO2S. The first-order chi connectivity index (χ1) is 7.27. The number of carbonyl (C=O) groups is 1. The molecular weight excluding hydrogens is 210 g/mol. The topological polar surface area (TPSA) is 49.3 Å². The predicted octanol–water partition coefficient (Wildman–Crippen LogP) is 1.52. The average Bonchev–Trinajstić information content (AvgIpc) is 2.29. The van der Waals surface area contributed by atoms with Gasteiger partial charge in [-0.05, 0) is 36.9 Å². The summed E-state index contributed by atoms with van der Waals surface area (Å²) in [7, 11) is 0. The molecule has 0 bridgehead atoms. The minimum atomic E-state index is -0.0869. The van der Waals surface area contributed by atoms with E-state index in [1.807, 2.05) is 18.4 Å². The van der Waals surface area contributed by atoms with Crippen LogP contribution < -0.4 is 5.32 Å². The van der Waals surface area contributed by atoms with Gasteiger partial charge in [0.05, 0.1) is 0 Å². The minimum absolute atomic E-state index is 0.0869. The lowest BCUT2D eigenvalue weighted by Gasteiger charge is -2.04. The Morgan fingerprint density at radius 3 is 2.60 bits per heavy atom. The zero-order valence-corrected chi connectivity index (χ0v) is 9.51. The largest absolute Gasteiger partial charge is 0.396 e. The molecule has 0 fully saturated rings. The zero-order valence-electron chi connectivity index (χ0n) is 8.69. The summed E-state index contributed by atoms with van der Waals surface area (Å²) in [4.78, 5) is 12.7. The molecule has 0 aliphatic carbocycles. The van der Waals surface area contributed by atoms with E-state index in [1.165, 1.54) is 0 Å². The highest BCUT2D eigenvalue weighted by atomic mass is 32.2. The van der Waals surface area contributed by atoms with Crippen molar-refractivity contribution in [1.29, 1.82) is 0 Å². The molecule has 0 radical (unpaired) electrons. The summed E-state index contributed by atoms with van der Waals surface area (Å²) in [5.41, 5.74) is 0.658. The number of carbonyl (C=O) groups excluding carboxylic acids is 1. The third-order valence-electron chi connectivity index (χ3n) is 1.97. The molecule has 15 heavy (non-hydrogen) atoms. The number of thioether (sulfide) groups is 1. The van der Waals surface area contributed by atoms with Gasteiger partial charge in [-0.15, -0.1) is 11.8 Å². The fourth-order valence-electron chi connectivity index (χ4n) is 1.13. The van der Waals surface area contributed by atoms with Gasteiger partial charge >= 0.3 is 0 Å². The molecule has 2 N–H and O–H groups in total. The van der Waals surface area contributed by atoms with Gasteiger partial charge < -0.3 is 10.4 Å². The number of benzene rings is 1. The molecule has 0 aliphatic rings. The van der Waals surface area contributed by atoms with Crippen LogP contribution in [0.15, 0.2) is 29.2 Å². The van der Waals surface area contributed by atoms with E-state index in [0.717, 1.165) is 4.90 Å². The average molecular weight is 225 g/mol. The second-order valence-corrected chi connectivity index (χ2v) is 3.94. The fraction of sp³-hybridized carbons (Fsp3) is 0.364. The van der Waals surface area contributed by atoms with Crippen LogP contribution in [-0.2, 0) is 0 Å². The second kappa shape index (κ2) is 6.48. The van der Waals surface area contributed by atoms with Crippen LogP contribution in [0, 0.1) is 0 Å². The van der Waals surface area contributed by atoms with E-state index in [4.69, 9.17) is 5.11 Å². The third kappa shape index (κ3) is 3.93. The number of rotatable bonds is 5. The lowest BCUT2D eigenvalue weighted by Crippen LogP contribution is -2.24. The molecule has 3 nitrogen and oxygen atoms in total. The molecule has 1 rings (SSSR count). The van der Waals surface area contributed by atoms with Crippen LogP contribution in [-0.4, -0.2) is 30.4 Å². The van der Waals surface area contributed by atoms with Gasteiger partial charge in [0.2, 0.25) is 0 Å². The molecule has 0 heterocycles. The summed E-state index contributed by atoms with van der Waals surface area (Å²) < 4.78 is 0. The standard InChI is InChI=1S/C11H15NO2S/c1-15-10-5-3-9(4-6-10)11(14)12-7-2-8-13/h3-6,13H,2,7-8H2,1H3,(H,12,14). The molecule has 1 aromatic rings. The van der Waals surface area contributed by atoms with Gasteiger partial charge in [-0.2, -0.15) is 0 Å². The van der Waals surface area contributed by atoms with Crippen LogP contribution in [0.25, 0.3) is 0 Å². The molecule has 0 saturated carbocycles. The van der Waals surface area contributed by atoms with E-state index < -0.39 is 0 Å². The fourth-order valence-corrected chi connectivity index (χ4v) is 1.53. The van der Waals surface area contributed by atoms with Crippen LogP contribution in [0.5, 0.6) is 0 Å². The number of amides is 1. The maximum atomic E-state index is 11.5. The number of hydrogen-bond acceptors (Lipinski definition) is 3. The molecule has 0 aliphatic heterocycles. The van der Waals surface area contributed by atoms with Crippen LogP contribution >= 0.6 is 11.8 Å². The molecule has 0 unspecified atom stereocenters. The maximum absolute atomic E-state index is 11.5. The number of aliphatic hydroxyl groups is 1. The highest BCUT2D eigenvalue weighted by Gasteiger charge is 2.03. The molecule has 0 atom stereocenters. The number of aliphatic hydroxyl groups excluding tert-OH is 1. The van der Waals surface area contributed by atoms with Crippen molar-refractivity contribution in [2.24, 2.45) is 0 Å². The van der Waals surface area contributed by atoms with E-state index in [0.29, 0.717) is 18.5 Å². The van der Waals surface area contributed by atoms with E-state index in [-0.39, 0.29) is 12.5 Å². The van der Waals surface area contributed by atoms with Crippen LogP contribution in [0.3, 0.4) is 0 Å². The van der Waals surface area contributed by atoms with Gasteiger partial charge in [0, 0.05) is 23.6 Å². The molecule has 4 heteroatoms. The van der Waals surface area contributed by atoms with E-state index in [2.05, 4.69) is 5.32 Å². The van der Waals surface area contributed by atoms with Crippen molar-refractivity contribution >= 4 is 17.7 Å². The van der Waals surface area contributed by atoms with Gasteiger partial charge in [0.1, 0.15) is 0 Å². The summed E-state index contributed by atoms with van der Waals surface area (Å²) >= 11 is 1.65. The quantitative estimate of drug-likeness (QED) is 0.590. The van der Waals surface area contributed by atoms with Gasteiger partial charge in [-0.1, -0.05) is 0 Å². The number of hydrogen-bond donors (Lipinski definition) is 2. The predicted molar refractivity (Wildman–Crippen MR) is 62.3 cm³/mol. The molecule has 0 spiro atoms. The summed E-state index contributed by atoms with van der Waals surface area (Å²) in [6, 6.07) is 7.46. The smallest absolute Gasteiger partial charge is 0.251 e. The van der Waals surface area contributed by atoms with Crippen molar-refractivity contribution in [3.63, 3.8) is 0 Å². The van der Waals surface area contributed by atoms with Crippen molar-refractivity contribution < 1.29 is 9.90 Å². The van der Waals surface area contributed by atoms with Gasteiger partial charge in [0.25, 0.3) is 5.91 Å². The Morgan fingerprint density at radius 1 is 1.40 bits per heavy atom. The minimum Gasteiger partial charge on any atom is -0.396 e. The third-order valence-corrected chi connectivity index (χ3v) is 2.72. The van der Waals surface area contributed by atoms with Gasteiger partial charge in [-0.25, -0.2) is 0 Å². The first-order valence-electron chi connectivity index (χ1n) is 4.81. The van der Waals surface area contributed by atoms with Crippen molar-refractivity contribution in [3.05, 3.63) is 29.8 Å². The van der Waals surface area contributed by atoms with Crippen molar-refractivity contribution in [3.8, 4) is 0 Å². The van der Waals surface area contributed by atoms with Gasteiger partial charge in [0.15, 0.2) is 0 Å². The van der Waals surface area contributed by atoms with Crippen LogP contribution in [0.2, 0.25) is 0 Å². The van der Waals surface area contributed by atoms with E-state index in [9.17, 15) is 4.79 Å². The Morgan fingerprint density at radius 2 is 2.07 bits per heavy atom. The highest BCUT2D eigenvalue weighted by Crippen LogP contribution is 2.14. The Balaban J connectivity index is 2.50. The first kappa shape index (κ1) is 12.1. The number of nitrogens with one attached hydrogen (secondary N) is 1. The lowest BCUT2D eigenvalue weighted by atomic mass is 10.2. The van der Waals surface area contributed by atoms with Crippen molar-refractivity contribution in [2.45, 2.75) is 11.3 Å². The molecule has 82 valence electrons. The molecule has 1 amide bonds. The monoisotopic (exact) mass is 225 g/mol. The normalized spacial score (nSPS) is 10.0. The molecule has 1 aromatic carbocycles. The SMILES string of the molecule is CSc1ccc(C(=O)NCCCO)cc1. The highest BCUT2D eigenvalue weighted by molar-refractivity contribution is 7.98. The zero-order chi connectivity index (χ0) is 11.1. The maximum Gasteiger partial charge on any atom is 0.251 e. The summed E-state index contributed by atoms with van der Waals surface area (Å²) in [5, 5.41) is 11.3. The Labute approximate surface area is 93.9 Å². The van der Waals surface area contributed by atoms with E-state index >= 15 is 0 Å². The Kier molecular flexibility index (Phi) is 5.21. The van der Waals surface area contributed by atoms with Crippen molar-refractivity contribution in [2.75, 3.05) is 19.4 Å².